The largest absolute Gasteiger partial charge is 0.465 e. The van der Waals surface area contributed by atoms with E-state index in [-0.39, 0.29) is 5.57 Å². The lowest BCUT2D eigenvalue weighted by molar-refractivity contribution is -0.151. The van der Waals surface area contributed by atoms with E-state index >= 15 is 0 Å². The maximum Gasteiger partial charge on any atom is 0.349 e. The van der Waals surface area contributed by atoms with Crippen molar-refractivity contribution in [1.29, 1.82) is 5.26 Å². The van der Waals surface area contributed by atoms with Crippen LogP contribution >= 0.6 is 23.2 Å². The number of carbonyl (C=O) groups is 2. The van der Waals surface area contributed by atoms with Crippen LogP contribution in [-0.2, 0) is 14.3 Å². The summed E-state index contributed by atoms with van der Waals surface area (Å²) in [5.41, 5.74) is 0.391. The summed E-state index contributed by atoms with van der Waals surface area (Å²) in [5.74, 6) is -1.13. The van der Waals surface area contributed by atoms with Crippen molar-refractivity contribution in [2.24, 2.45) is 0 Å². The molecule has 2 atom stereocenters. The molecule has 0 fully saturated rings. The van der Waals surface area contributed by atoms with Crippen molar-refractivity contribution >= 4 is 41.2 Å². The van der Waals surface area contributed by atoms with Crippen LogP contribution < -0.4 is 5.32 Å². The molecule has 0 aliphatic rings. The molecule has 140 valence electrons. The third-order valence-corrected chi connectivity index (χ3v) is 4.17. The number of nitrogens with one attached hydrogen (secondary N) is 1. The van der Waals surface area contributed by atoms with E-state index in [0.29, 0.717) is 21.4 Å². The summed E-state index contributed by atoms with van der Waals surface area (Å²) in [6, 6.07) is 9.43. The number of nitrogens with zero attached hydrogens (tertiary/aromatic N) is 1. The van der Waals surface area contributed by atoms with Crippen molar-refractivity contribution in [3.05, 3.63) is 63.5 Å². The van der Waals surface area contributed by atoms with Gasteiger partial charge in [0.25, 0.3) is 5.91 Å². The number of ether oxygens (including phenoxy) is 1. The number of hydrogen-bond acceptors (Lipinski definition) is 5. The second-order valence-electron chi connectivity index (χ2n) is 5.63. The Balaban J connectivity index is 2.00. The van der Waals surface area contributed by atoms with Gasteiger partial charge in [0.05, 0.1) is 12.3 Å². The summed E-state index contributed by atoms with van der Waals surface area (Å²) in [7, 11) is 0. The van der Waals surface area contributed by atoms with Crippen molar-refractivity contribution in [3.8, 4) is 6.07 Å². The Morgan fingerprint density at radius 1 is 1.30 bits per heavy atom. The van der Waals surface area contributed by atoms with Crippen LogP contribution in [0.1, 0.15) is 31.2 Å². The van der Waals surface area contributed by atoms with Gasteiger partial charge in [0.15, 0.2) is 6.10 Å². The van der Waals surface area contributed by atoms with Gasteiger partial charge < -0.3 is 14.5 Å². The van der Waals surface area contributed by atoms with Gasteiger partial charge in [-0.25, -0.2) is 4.79 Å². The summed E-state index contributed by atoms with van der Waals surface area (Å²) >= 11 is 12.0. The Hall–Kier alpha value is -2.75. The standard InChI is InChI=1S/C19H16Cl2N2O4/c1-11(16-6-5-14(20)9-17(16)21)23-18(24)12(2)27-19(25)13(10-22)8-15-4-3-7-26-15/h3-9,11-12H,1-2H3,(H,23,24)/b13-8+/t11-,12+/m1/s1. The number of benzene rings is 1. The van der Waals surface area contributed by atoms with Crippen LogP contribution in [0.3, 0.4) is 0 Å². The smallest absolute Gasteiger partial charge is 0.349 e. The maximum atomic E-state index is 12.3. The van der Waals surface area contributed by atoms with Crippen LogP contribution in [-0.4, -0.2) is 18.0 Å². The Kier molecular flexibility index (Phi) is 7.05. The first-order chi connectivity index (χ1) is 12.8. The number of esters is 1. The summed E-state index contributed by atoms with van der Waals surface area (Å²) in [6.07, 6.45) is 1.54. The van der Waals surface area contributed by atoms with E-state index < -0.39 is 24.0 Å². The minimum absolute atomic E-state index is 0.279. The number of carbonyl (C=O) groups excluding carboxylic acids is 2. The number of nitriles is 1. The molecule has 1 aromatic heterocycles. The second kappa shape index (κ2) is 9.26. The quantitative estimate of drug-likeness (QED) is 0.438. The highest BCUT2D eigenvalue weighted by atomic mass is 35.5. The molecule has 6 nitrogen and oxygen atoms in total. The van der Waals surface area contributed by atoms with Crippen molar-refractivity contribution in [2.75, 3.05) is 0 Å². The van der Waals surface area contributed by atoms with Gasteiger partial charge in [0, 0.05) is 16.1 Å². The average Bonchev–Trinajstić information content (AvgIpc) is 3.12. The Bertz CT molecular complexity index is 901. The van der Waals surface area contributed by atoms with Gasteiger partial charge in [-0.15, -0.1) is 0 Å². The fourth-order valence-electron chi connectivity index (χ4n) is 2.19. The maximum absolute atomic E-state index is 12.3. The highest BCUT2D eigenvalue weighted by Gasteiger charge is 2.23. The Morgan fingerprint density at radius 3 is 2.63 bits per heavy atom. The molecule has 1 aromatic carbocycles. The summed E-state index contributed by atoms with van der Waals surface area (Å²) < 4.78 is 10.1. The minimum atomic E-state index is -1.11. The molecule has 2 aromatic rings. The van der Waals surface area contributed by atoms with E-state index in [1.807, 2.05) is 0 Å². The molecule has 27 heavy (non-hydrogen) atoms. The number of amides is 1. The van der Waals surface area contributed by atoms with Gasteiger partial charge in [-0.1, -0.05) is 29.3 Å². The van der Waals surface area contributed by atoms with E-state index in [0.717, 1.165) is 0 Å². The molecular formula is C19H16Cl2N2O4. The van der Waals surface area contributed by atoms with Crippen LogP contribution in [0.4, 0.5) is 0 Å². The fourth-order valence-corrected chi connectivity index (χ4v) is 2.76. The topological polar surface area (TPSA) is 92.3 Å². The van der Waals surface area contributed by atoms with Crippen molar-refractivity contribution in [2.45, 2.75) is 26.0 Å². The van der Waals surface area contributed by atoms with E-state index in [4.69, 9.17) is 37.6 Å². The van der Waals surface area contributed by atoms with Crippen LogP contribution in [0, 0.1) is 11.3 Å². The van der Waals surface area contributed by atoms with Crippen LogP contribution in [0.2, 0.25) is 10.0 Å². The summed E-state index contributed by atoms with van der Waals surface area (Å²) in [6.45, 7) is 3.14. The van der Waals surface area contributed by atoms with E-state index in [1.54, 1.807) is 43.3 Å². The zero-order valence-electron chi connectivity index (χ0n) is 14.5. The van der Waals surface area contributed by atoms with Crippen LogP contribution in [0.25, 0.3) is 6.08 Å². The summed E-state index contributed by atoms with van der Waals surface area (Å²) in [4.78, 5) is 24.4. The molecule has 0 unspecified atom stereocenters. The molecule has 0 radical (unpaired) electrons. The first-order valence-corrected chi connectivity index (χ1v) is 8.69. The second-order valence-corrected chi connectivity index (χ2v) is 6.47. The van der Waals surface area contributed by atoms with Gasteiger partial charge in [-0.2, -0.15) is 5.26 Å². The highest BCUT2D eigenvalue weighted by Crippen LogP contribution is 2.26. The lowest BCUT2D eigenvalue weighted by atomic mass is 10.1. The molecule has 0 saturated heterocycles. The normalized spacial score (nSPS) is 13.4. The van der Waals surface area contributed by atoms with Gasteiger partial charge in [-0.05, 0) is 43.7 Å². The Morgan fingerprint density at radius 2 is 2.04 bits per heavy atom. The molecule has 0 aliphatic carbocycles. The molecule has 2 rings (SSSR count). The first-order valence-electron chi connectivity index (χ1n) is 7.93. The van der Waals surface area contributed by atoms with Crippen molar-refractivity contribution in [1.82, 2.24) is 5.32 Å². The lowest BCUT2D eigenvalue weighted by Gasteiger charge is -2.19. The molecule has 1 N–H and O–H groups in total. The van der Waals surface area contributed by atoms with Gasteiger partial charge >= 0.3 is 5.97 Å². The Labute approximate surface area is 166 Å². The fraction of sp³-hybridized carbons (Fsp3) is 0.211. The lowest BCUT2D eigenvalue weighted by Crippen LogP contribution is -2.37. The van der Waals surface area contributed by atoms with Gasteiger partial charge in [-0.3, -0.25) is 4.79 Å². The van der Waals surface area contributed by atoms with E-state index in [2.05, 4.69) is 5.32 Å². The predicted molar refractivity (Wildman–Crippen MR) is 101 cm³/mol. The zero-order chi connectivity index (χ0) is 20.0. The third-order valence-electron chi connectivity index (χ3n) is 3.61. The van der Waals surface area contributed by atoms with Crippen molar-refractivity contribution in [3.63, 3.8) is 0 Å². The molecule has 0 spiro atoms. The van der Waals surface area contributed by atoms with E-state index in [9.17, 15) is 9.59 Å². The average molecular weight is 407 g/mol. The molecule has 0 bridgehead atoms. The monoisotopic (exact) mass is 406 g/mol. The third kappa shape index (κ3) is 5.61. The number of rotatable bonds is 6. The number of furan rings is 1. The molecule has 8 heteroatoms. The van der Waals surface area contributed by atoms with Gasteiger partial charge in [0.2, 0.25) is 0 Å². The van der Waals surface area contributed by atoms with Crippen LogP contribution in [0.5, 0.6) is 0 Å². The molecule has 0 aliphatic heterocycles. The highest BCUT2D eigenvalue weighted by molar-refractivity contribution is 6.35. The number of hydrogen-bond donors (Lipinski definition) is 1. The molecule has 1 amide bonds. The first kappa shape index (κ1) is 20.6. The minimum Gasteiger partial charge on any atom is -0.465 e. The number of halogens is 2. The summed E-state index contributed by atoms with van der Waals surface area (Å²) in [5, 5.41) is 12.7. The molecule has 0 saturated carbocycles. The van der Waals surface area contributed by atoms with Gasteiger partial charge in [0.1, 0.15) is 17.4 Å². The predicted octanol–water partition coefficient (Wildman–Crippen LogP) is 4.30. The van der Waals surface area contributed by atoms with E-state index in [1.165, 1.54) is 19.3 Å². The van der Waals surface area contributed by atoms with Crippen LogP contribution in [0.15, 0.2) is 46.6 Å². The molecule has 1 heterocycles. The SMILES string of the molecule is C[C@H](OC(=O)/C(C#N)=C/c1ccco1)C(=O)N[C@H](C)c1ccc(Cl)cc1Cl. The molecular weight excluding hydrogens is 391 g/mol. The zero-order valence-corrected chi connectivity index (χ0v) is 16.0. The van der Waals surface area contributed by atoms with Crippen molar-refractivity contribution < 1.29 is 18.7 Å².